The highest BCUT2D eigenvalue weighted by molar-refractivity contribution is 5.07. The maximum Gasteiger partial charge on any atom is 0.0876 e. The van der Waals surface area contributed by atoms with Crippen molar-refractivity contribution < 1.29 is 7.48 Å². The number of nitrogens with zero attached hydrogens (tertiary/aromatic N) is 1. The molecule has 2 aliphatic heterocycles. The fourth-order valence-corrected chi connectivity index (χ4v) is 0.994. The van der Waals surface area contributed by atoms with Crippen LogP contribution in [0.3, 0.4) is 0 Å². The number of nitrogens with one attached hydrogen (secondary N) is 1. The molecule has 50 valence electrons. The zero-order valence-corrected chi connectivity index (χ0v) is 5.05. The summed E-state index contributed by atoms with van der Waals surface area (Å²) in [5.41, 5.74) is 3.84. The van der Waals surface area contributed by atoms with Gasteiger partial charge in [0.25, 0.3) is 0 Å². The number of hydrazine groups is 1. The van der Waals surface area contributed by atoms with Crippen molar-refractivity contribution in [2.24, 2.45) is 0 Å². The largest absolute Gasteiger partial charge is 0.373 e. The average molecular weight is 128 g/mol. The van der Waals surface area contributed by atoms with Gasteiger partial charge >= 0.3 is 0 Å². The highest BCUT2D eigenvalue weighted by atomic mass is 16.5. The van der Waals surface area contributed by atoms with Gasteiger partial charge in [-0.1, -0.05) is 0 Å². The molecule has 0 amide bonds. The second-order valence-corrected chi connectivity index (χ2v) is 2.04. The Morgan fingerprint density at radius 3 is 3.78 bits per heavy atom. The normalized spacial score (nSPS) is 34.7. The molecule has 3 nitrogen and oxygen atoms in total. The molecule has 0 aromatic rings. The van der Waals surface area contributed by atoms with E-state index < -0.39 is 6.50 Å². The van der Waals surface area contributed by atoms with Gasteiger partial charge in [0.15, 0.2) is 0 Å². The number of morpholine rings is 1. The maximum atomic E-state index is 7.52. The van der Waals surface area contributed by atoms with Crippen LogP contribution in [0.4, 0.5) is 0 Å². The van der Waals surface area contributed by atoms with E-state index in [0.29, 0.717) is 13.2 Å². The summed E-state index contributed by atoms with van der Waals surface area (Å²) in [7, 11) is 0. The number of ether oxygens (including phenoxy) is 1. The van der Waals surface area contributed by atoms with Gasteiger partial charge in [-0.15, -0.1) is 0 Å². The molecule has 0 aromatic heterocycles. The molecule has 0 radical (unpaired) electrons. The van der Waals surface area contributed by atoms with Crippen LogP contribution in [-0.2, 0) is 4.74 Å². The van der Waals surface area contributed by atoms with Gasteiger partial charge in [0.2, 0.25) is 0 Å². The van der Waals surface area contributed by atoms with Gasteiger partial charge in [0.05, 0.1) is 28.1 Å². The summed E-state index contributed by atoms with van der Waals surface area (Å²) in [6, 6.07) is 0. The van der Waals surface area contributed by atoms with Crippen molar-refractivity contribution in [3.05, 3.63) is 11.8 Å². The first-order valence-corrected chi connectivity index (χ1v) is 3.01. The lowest BCUT2D eigenvalue weighted by Gasteiger charge is -2.26. The Balaban J connectivity index is 2.22. The van der Waals surface area contributed by atoms with Crippen LogP contribution in [0, 0.1) is 0 Å². The van der Waals surface area contributed by atoms with E-state index in [1.165, 1.54) is 0 Å². The lowest BCUT2D eigenvalue weighted by atomic mass is 10.4. The second kappa shape index (κ2) is 2.01. The predicted octanol–water partition coefficient (Wildman–Crippen LogP) is -0.279. The van der Waals surface area contributed by atoms with Crippen LogP contribution in [0.1, 0.15) is 2.74 Å². The van der Waals surface area contributed by atoms with Crippen LogP contribution in [0.15, 0.2) is 11.8 Å². The third-order valence-electron chi connectivity index (χ3n) is 1.45. The van der Waals surface area contributed by atoms with Gasteiger partial charge in [-0.2, -0.15) is 0 Å². The zero-order valence-electron chi connectivity index (χ0n) is 7.05. The quantitative estimate of drug-likeness (QED) is 0.485. The van der Waals surface area contributed by atoms with Crippen molar-refractivity contribution in [2.45, 2.75) is 0 Å². The third-order valence-corrected chi connectivity index (χ3v) is 1.45. The molecule has 0 unspecified atom stereocenters. The molecule has 0 spiro atoms. The van der Waals surface area contributed by atoms with E-state index in [1.54, 1.807) is 5.01 Å². The molecule has 9 heavy (non-hydrogen) atoms. The standard InChI is InChI=1S/C6H10N2O/c1-2-7-8-3-4-9-5-6(1)8/h1,7H,2-5H2/i3D2. The van der Waals surface area contributed by atoms with Crippen LogP contribution in [-0.4, -0.2) is 31.3 Å². The van der Waals surface area contributed by atoms with Crippen LogP contribution in [0.25, 0.3) is 0 Å². The summed E-state index contributed by atoms with van der Waals surface area (Å²) < 4.78 is 20.1. The van der Waals surface area contributed by atoms with Crippen molar-refractivity contribution >= 4 is 0 Å². The molecule has 2 heterocycles. The maximum absolute atomic E-state index is 7.52. The second-order valence-electron chi connectivity index (χ2n) is 2.04. The van der Waals surface area contributed by atoms with Gasteiger partial charge in [0, 0.05) is 6.54 Å². The van der Waals surface area contributed by atoms with Crippen LogP contribution in [0.5, 0.6) is 0 Å². The van der Waals surface area contributed by atoms with Gasteiger partial charge in [-0.25, -0.2) is 5.43 Å². The molecule has 0 aromatic carbocycles. The Hall–Kier alpha value is -0.540. The molecular weight excluding hydrogens is 116 g/mol. The minimum atomic E-state index is -1.39. The van der Waals surface area contributed by atoms with Crippen molar-refractivity contribution in [3.8, 4) is 0 Å². The summed E-state index contributed by atoms with van der Waals surface area (Å²) >= 11 is 0. The Morgan fingerprint density at radius 1 is 1.89 bits per heavy atom. The molecule has 1 fully saturated rings. The molecule has 3 heteroatoms. The van der Waals surface area contributed by atoms with Gasteiger partial charge < -0.3 is 9.75 Å². The van der Waals surface area contributed by atoms with Crippen LogP contribution >= 0.6 is 0 Å². The summed E-state index contributed by atoms with van der Waals surface area (Å²) in [5, 5.41) is 1.55. The molecule has 0 atom stereocenters. The van der Waals surface area contributed by atoms with Crippen molar-refractivity contribution in [1.82, 2.24) is 10.4 Å². The first-order valence-electron chi connectivity index (χ1n) is 4.01. The first kappa shape index (κ1) is 3.58. The number of hydrogen-bond acceptors (Lipinski definition) is 3. The van der Waals surface area contributed by atoms with Crippen LogP contribution < -0.4 is 5.43 Å². The van der Waals surface area contributed by atoms with E-state index in [9.17, 15) is 0 Å². The zero-order chi connectivity index (χ0) is 7.90. The first-order chi connectivity index (χ1) is 5.20. The number of rotatable bonds is 0. The molecule has 2 rings (SSSR count). The van der Waals surface area contributed by atoms with Crippen molar-refractivity contribution in [2.75, 3.05) is 26.3 Å². The molecule has 1 N–H and O–H groups in total. The Labute approximate surface area is 57.1 Å². The molecule has 2 aliphatic rings. The smallest absolute Gasteiger partial charge is 0.0876 e. The predicted molar refractivity (Wildman–Crippen MR) is 33.6 cm³/mol. The highest BCUT2D eigenvalue weighted by Gasteiger charge is 2.17. The molecule has 0 saturated carbocycles. The van der Waals surface area contributed by atoms with E-state index in [4.69, 9.17) is 7.48 Å². The molecular formula is C6H10N2O. The summed E-state index contributed by atoms with van der Waals surface area (Å²) in [4.78, 5) is 0. The van der Waals surface area contributed by atoms with E-state index in [2.05, 4.69) is 5.43 Å². The Kier molecular flexibility index (Phi) is 0.799. The minimum absolute atomic E-state index is 0.136. The lowest BCUT2D eigenvalue weighted by Crippen LogP contribution is -2.39. The number of hydrogen-bond donors (Lipinski definition) is 1. The van der Waals surface area contributed by atoms with Crippen molar-refractivity contribution in [3.63, 3.8) is 0 Å². The molecule has 0 aliphatic carbocycles. The summed E-state index contributed by atoms with van der Waals surface area (Å²) in [6.07, 6.45) is 1.94. The lowest BCUT2D eigenvalue weighted by molar-refractivity contribution is 0.0609. The fraction of sp³-hybridized carbons (Fsp3) is 0.667. The van der Waals surface area contributed by atoms with Gasteiger partial charge in [0.1, 0.15) is 0 Å². The topological polar surface area (TPSA) is 24.5 Å². The average Bonchev–Trinajstić information content (AvgIpc) is 2.34. The minimum Gasteiger partial charge on any atom is -0.373 e. The summed E-state index contributed by atoms with van der Waals surface area (Å²) in [5.74, 6) is 0. The SMILES string of the molecule is [2H]C1([2H])COCC2=CCNN21. The van der Waals surface area contributed by atoms with Crippen molar-refractivity contribution in [1.29, 1.82) is 0 Å². The summed E-state index contributed by atoms with van der Waals surface area (Å²) in [6.45, 7) is -0.0252. The van der Waals surface area contributed by atoms with E-state index >= 15 is 0 Å². The van der Waals surface area contributed by atoms with Gasteiger partial charge in [-0.05, 0) is 6.08 Å². The fourth-order valence-electron chi connectivity index (χ4n) is 0.994. The third kappa shape index (κ3) is 0.821. The van der Waals surface area contributed by atoms with E-state index in [0.717, 1.165) is 5.70 Å². The van der Waals surface area contributed by atoms with E-state index in [-0.39, 0.29) is 6.61 Å². The van der Waals surface area contributed by atoms with Gasteiger partial charge in [-0.3, -0.25) is 0 Å². The monoisotopic (exact) mass is 128 g/mol. The Morgan fingerprint density at radius 2 is 2.89 bits per heavy atom. The molecule has 0 bridgehead atoms. The van der Waals surface area contributed by atoms with E-state index in [1.807, 2.05) is 6.08 Å². The molecule has 1 saturated heterocycles. The highest BCUT2D eigenvalue weighted by Crippen LogP contribution is 2.10. The van der Waals surface area contributed by atoms with Crippen LogP contribution in [0.2, 0.25) is 0 Å². The Bertz CT molecular complexity index is 205. The number of fused-ring (bicyclic) bond motifs is 1.